The van der Waals surface area contributed by atoms with Crippen molar-refractivity contribution in [2.45, 2.75) is 39.2 Å². The molecule has 3 aromatic rings. The second-order valence-corrected chi connectivity index (χ2v) is 9.35. The zero-order chi connectivity index (χ0) is 26.4. The highest BCUT2D eigenvalue weighted by Gasteiger charge is 2.48. The van der Waals surface area contributed by atoms with E-state index in [9.17, 15) is 14.7 Å². The molecule has 1 aliphatic heterocycles. The van der Waals surface area contributed by atoms with Gasteiger partial charge in [-0.25, -0.2) is 4.98 Å². The molecule has 1 unspecified atom stereocenters. The van der Waals surface area contributed by atoms with Crippen molar-refractivity contribution in [2.24, 2.45) is 0 Å². The van der Waals surface area contributed by atoms with Crippen LogP contribution in [0.2, 0.25) is 0 Å². The maximum absolute atomic E-state index is 13.3. The number of amides is 1. The van der Waals surface area contributed by atoms with Gasteiger partial charge in [0.15, 0.2) is 16.6 Å². The molecule has 1 aromatic heterocycles. The first-order valence-corrected chi connectivity index (χ1v) is 13.1. The van der Waals surface area contributed by atoms with Gasteiger partial charge in [0.05, 0.1) is 31.9 Å². The van der Waals surface area contributed by atoms with Crippen LogP contribution in [-0.2, 0) is 9.59 Å². The first kappa shape index (κ1) is 26.2. The predicted octanol–water partition coefficient (Wildman–Crippen LogP) is 5.75. The van der Waals surface area contributed by atoms with Crippen molar-refractivity contribution in [1.82, 2.24) is 4.98 Å². The van der Waals surface area contributed by atoms with Crippen LogP contribution in [0.4, 0.5) is 5.13 Å². The second kappa shape index (κ2) is 11.9. The molecule has 0 bridgehead atoms. The highest BCUT2D eigenvalue weighted by molar-refractivity contribution is 7.14. The fourth-order valence-electron chi connectivity index (χ4n) is 4.09. The van der Waals surface area contributed by atoms with E-state index in [1.807, 2.05) is 6.92 Å². The number of unbranched alkanes of at least 4 members (excludes halogenated alkanes) is 1. The zero-order valence-electron chi connectivity index (χ0n) is 21.1. The third kappa shape index (κ3) is 5.46. The number of thiazole rings is 1. The Kier molecular flexibility index (Phi) is 8.45. The number of hydrogen-bond acceptors (Lipinski definition) is 8. The molecule has 4 rings (SSSR count). The van der Waals surface area contributed by atoms with Crippen LogP contribution in [0.5, 0.6) is 17.2 Å². The van der Waals surface area contributed by atoms with Gasteiger partial charge in [-0.1, -0.05) is 38.5 Å². The summed E-state index contributed by atoms with van der Waals surface area (Å²) in [7, 11) is 1.53. The Labute approximate surface area is 220 Å². The van der Waals surface area contributed by atoms with Gasteiger partial charge >= 0.3 is 5.91 Å². The minimum Gasteiger partial charge on any atom is -0.507 e. The molecule has 2 heterocycles. The van der Waals surface area contributed by atoms with Crippen LogP contribution in [-0.4, -0.2) is 42.1 Å². The summed E-state index contributed by atoms with van der Waals surface area (Å²) in [6, 6.07) is 11.2. The third-order valence-corrected chi connectivity index (χ3v) is 6.68. The number of hydrogen-bond donors (Lipinski definition) is 1. The molecular weight excluding hydrogens is 492 g/mol. The number of aliphatic hydroxyl groups is 1. The number of benzene rings is 2. The number of ether oxygens (including phenoxy) is 3. The molecule has 8 nitrogen and oxygen atoms in total. The summed E-state index contributed by atoms with van der Waals surface area (Å²) < 4.78 is 17.1. The van der Waals surface area contributed by atoms with Crippen LogP contribution in [0.1, 0.15) is 50.3 Å². The van der Waals surface area contributed by atoms with Crippen molar-refractivity contribution in [3.8, 4) is 17.2 Å². The number of Topliss-reactive ketones (excluding diaryl/α,β-unsaturated/α-hetero) is 1. The van der Waals surface area contributed by atoms with Crippen LogP contribution in [0, 0.1) is 0 Å². The van der Waals surface area contributed by atoms with Crippen molar-refractivity contribution in [3.05, 3.63) is 70.7 Å². The number of anilines is 1. The lowest BCUT2D eigenvalue weighted by atomic mass is 9.95. The molecule has 1 amide bonds. The average Bonchev–Trinajstić information content (AvgIpc) is 3.54. The van der Waals surface area contributed by atoms with Crippen LogP contribution < -0.4 is 19.1 Å². The van der Waals surface area contributed by atoms with Crippen molar-refractivity contribution < 1.29 is 28.9 Å². The van der Waals surface area contributed by atoms with E-state index in [0.717, 1.165) is 19.3 Å². The van der Waals surface area contributed by atoms with Crippen molar-refractivity contribution in [1.29, 1.82) is 0 Å². The highest BCUT2D eigenvalue weighted by atomic mass is 32.1. The summed E-state index contributed by atoms with van der Waals surface area (Å²) in [4.78, 5) is 32.2. The first-order chi connectivity index (χ1) is 18.0. The van der Waals surface area contributed by atoms with E-state index in [1.165, 1.54) is 23.3 Å². The van der Waals surface area contributed by atoms with Gasteiger partial charge in [0.25, 0.3) is 5.78 Å². The summed E-state index contributed by atoms with van der Waals surface area (Å²) in [5.41, 5.74) is 0.922. The number of aliphatic hydroxyl groups excluding tert-OH is 1. The van der Waals surface area contributed by atoms with Gasteiger partial charge in [0, 0.05) is 17.1 Å². The fourth-order valence-corrected chi connectivity index (χ4v) is 4.76. The van der Waals surface area contributed by atoms with Crippen LogP contribution >= 0.6 is 11.3 Å². The largest absolute Gasteiger partial charge is 0.507 e. The Hall–Kier alpha value is -3.85. The van der Waals surface area contributed by atoms with Crippen molar-refractivity contribution in [3.63, 3.8) is 0 Å². The normalized spacial score (nSPS) is 16.7. The van der Waals surface area contributed by atoms with E-state index in [4.69, 9.17) is 14.2 Å². The topological polar surface area (TPSA) is 98.2 Å². The summed E-state index contributed by atoms with van der Waals surface area (Å²) in [6.45, 7) is 5.14. The molecule has 1 saturated heterocycles. The van der Waals surface area contributed by atoms with Gasteiger partial charge in [0.1, 0.15) is 11.5 Å². The lowest BCUT2D eigenvalue weighted by molar-refractivity contribution is -0.132. The quantitative estimate of drug-likeness (QED) is 0.148. The van der Waals surface area contributed by atoms with E-state index < -0.39 is 17.7 Å². The van der Waals surface area contributed by atoms with Crippen LogP contribution in [0.3, 0.4) is 0 Å². The van der Waals surface area contributed by atoms with Crippen molar-refractivity contribution >= 4 is 33.9 Å². The highest BCUT2D eigenvalue weighted by Crippen LogP contribution is 2.44. The maximum Gasteiger partial charge on any atom is 0.301 e. The number of methoxy groups -OCH3 is 1. The molecule has 1 aliphatic rings. The number of carbonyl (C=O) groups excluding carboxylic acids is 2. The summed E-state index contributed by atoms with van der Waals surface area (Å²) in [5, 5.41) is 13.5. The van der Waals surface area contributed by atoms with Gasteiger partial charge in [0.2, 0.25) is 0 Å². The lowest BCUT2D eigenvalue weighted by Crippen LogP contribution is -2.29. The average molecular weight is 523 g/mol. The molecule has 0 aliphatic carbocycles. The minimum atomic E-state index is -0.912. The van der Waals surface area contributed by atoms with Gasteiger partial charge in [-0.05, 0) is 42.7 Å². The molecule has 2 aromatic carbocycles. The van der Waals surface area contributed by atoms with E-state index in [1.54, 1.807) is 54.0 Å². The van der Waals surface area contributed by atoms with Gasteiger partial charge < -0.3 is 19.3 Å². The summed E-state index contributed by atoms with van der Waals surface area (Å²) in [5.74, 6) is -0.250. The number of carbonyl (C=O) groups is 2. The van der Waals surface area contributed by atoms with Gasteiger partial charge in [-0.15, -0.1) is 11.3 Å². The standard InChI is InChI=1S/C28H30N2O6S/c1-4-6-14-36-21-11-10-18(17-22(21)34-3)24-23(26(32)27(33)30(24)28-29-12-15-37-28)25(31)19-8-7-9-20(16-19)35-13-5-2/h7-12,15-17,24,31H,4-6,13-14H2,1-3H3. The maximum atomic E-state index is 13.3. The summed E-state index contributed by atoms with van der Waals surface area (Å²) in [6.07, 6.45) is 4.29. The Bertz CT molecular complexity index is 1290. The number of aromatic nitrogens is 1. The van der Waals surface area contributed by atoms with E-state index in [0.29, 0.717) is 46.7 Å². The molecule has 37 heavy (non-hydrogen) atoms. The van der Waals surface area contributed by atoms with E-state index >= 15 is 0 Å². The van der Waals surface area contributed by atoms with E-state index in [-0.39, 0.29) is 11.3 Å². The Morgan fingerprint density at radius 2 is 1.89 bits per heavy atom. The molecule has 1 fully saturated rings. The zero-order valence-corrected chi connectivity index (χ0v) is 21.9. The van der Waals surface area contributed by atoms with Crippen molar-refractivity contribution in [2.75, 3.05) is 25.2 Å². The first-order valence-electron chi connectivity index (χ1n) is 12.2. The number of rotatable bonds is 11. The summed E-state index contributed by atoms with van der Waals surface area (Å²) >= 11 is 1.23. The lowest BCUT2D eigenvalue weighted by Gasteiger charge is -2.24. The molecule has 9 heteroatoms. The fraction of sp³-hybridized carbons (Fsp3) is 0.321. The SMILES string of the molecule is CCCCOc1ccc(C2C(=C(O)c3cccc(OCCC)c3)C(=O)C(=O)N2c2nccs2)cc1OC. The Morgan fingerprint density at radius 1 is 1.05 bits per heavy atom. The number of ketones is 1. The van der Waals surface area contributed by atoms with E-state index in [2.05, 4.69) is 11.9 Å². The predicted molar refractivity (Wildman–Crippen MR) is 143 cm³/mol. The molecule has 194 valence electrons. The molecular formula is C28H30N2O6S. The second-order valence-electron chi connectivity index (χ2n) is 8.47. The van der Waals surface area contributed by atoms with Gasteiger partial charge in [-0.3, -0.25) is 14.5 Å². The Morgan fingerprint density at radius 3 is 2.59 bits per heavy atom. The van der Waals surface area contributed by atoms with Gasteiger partial charge in [-0.2, -0.15) is 0 Å². The minimum absolute atomic E-state index is 0.0328. The third-order valence-electron chi connectivity index (χ3n) is 5.91. The molecule has 0 radical (unpaired) electrons. The smallest absolute Gasteiger partial charge is 0.301 e. The monoisotopic (exact) mass is 522 g/mol. The Balaban J connectivity index is 1.83. The van der Waals surface area contributed by atoms with Crippen LogP contribution in [0.15, 0.2) is 59.6 Å². The molecule has 1 atom stereocenters. The van der Waals surface area contributed by atoms with Crippen LogP contribution in [0.25, 0.3) is 5.76 Å². The molecule has 0 saturated carbocycles. The molecule has 1 N–H and O–H groups in total. The molecule has 0 spiro atoms. The number of nitrogens with zero attached hydrogens (tertiary/aromatic N) is 2.